The van der Waals surface area contributed by atoms with E-state index in [2.05, 4.69) is 51.9 Å². The highest BCUT2D eigenvalue weighted by molar-refractivity contribution is 5.79. The summed E-state index contributed by atoms with van der Waals surface area (Å²) in [6.45, 7) is 5.28. The standard InChI is InChI=1S/C19H27N5O/c1-19(8-4-11-25-19)15-22-18(20-2)21-13-16-6-3-7-17(12-16)14-24-10-5-9-23-24/h3,5-7,9-10,12H,4,8,11,13-15H2,1-2H3,(H2,20,21,22). The molecule has 6 nitrogen and oxygen atoms in total. The molecule has 1 fully saturated rings. The van der Waals surface area contributed by atoms with Crippen LogP contribution in [0.15, 0.2) is 47.7 Å². The lowest BCUT2D eigenvalue weighted by atomic mass is 10.0. The maximum absolute atomic E-state index is 5.81. The minimum atomic E-state index is -0.0820. The fourth-order valence-electron chi connectivity index (χ4n) is 3.07. The van der Waals surface area contributed by atoms with E-state index < -0.39 is 0 Å². The highest BCUT2D eigenvalue weighted by Gasteiger charge is 2.29. The van der Waals surface area contributed by atoms with Gasteiger partial charge in [0.05, 0.1) is 12.1 Å². The molecule has 2 aromatic rings. The molecule has 0 spiro atoms. The van der Waals surface area contributed by atoms with Gasteiger partial charge in [0.1, 0.15) is 0 Å². The lowest BCUT2D eigenvalue weighted by Crippen LogP contribution is -2.45. The summed E-state index contributed by atoms with van der Waals surface area (Å²) in [7, 11) is 1.79. The van der Waals surface area contributed by atoms with E-state index in [4.69, 9.17) is 4.74 Å². The molecule has 2 heterocycles. The van der Waals surface area contributed by atoms with Gasteiger partial charge in [0.25, 0.3) is 0 Å². The molecule has 1 aliphatic rings. The third-order valence-electron chi connectivity index (χ3n) is 4.51. The Morgan fingerprint density at radius 2 is 2.20 bits per heavy atom. The van der Waals surface area contributed by atoms with Crippen LogP contribution in [0.2, 0.25) is 0 Å². The van der Waals surface area contributed by atoms with Crippen molar-refractivity contribution in [3.8, 4) is 0 Å². The third kappa shape index (κ3) is 5.06. The molecule has 1 unspecified atom stereocenters. The number of hydrogen-bond donors (Lipinski definition) is 2. The van der Waals surface area contributed by atoms with Crippen molar-refractivity contribution in [2.24, 2.45) is 4.99 Å². The Hall–Kier alpha value is -2.34. The first-order chi connectivity index (χ1) is 12.2. The van der Waals surface area contributed by atoms with Crippen LogP contribution in [0.4, 0.5) is 0 Å². The van der Waals surface area contributed by atoms with Crippen LogP contribution in [0.3, 0.4) is 0 Å². The number of aromatic nitrogens is 2. The van der Waals surface area contributed by atoms with Crippen molar-refractivity contribution < 1.29 is 4.74 Å². The van der Waals surface area contributed by atoms with Crippen molar-refractivity contribution in [1.82, 2.24) is 20.4 Å². The second-order valence-electron chi connectivity index (χ2n) is 6.70. The lowest BCUT2D eigenvalue weighted by Gasteiger charge is -2.24. The van der Waals surface area contributed by atoms with Gasteiger partial charge in [-0.15, -0.1) is 0 Å². The zero-order chi connectivity index (χ0) is 17.5. The molecule has 25 heavy (non-hydrogen) atoms. The molecule has 6 heteroatoms. The van der Waals surface area contributed by atoms with Crippen molar-refractivity contribution in [3.63, 3.8) is 0 Å². The summed E-state index contributed by atoms with van der Waals surface area (Å²) in [5, 5.41) is 11.0. The van der Waals surface area contributed by atoms with Crippen molar-refractivity contribution in [3.05, 3.63) is 53.9 Å². The molecule has 0 bridgehead atoms. The number of guanidine groups is 1. The first-order valence-corrected chi connectivity index (χ1v) is 8.81. The molecule has 1 saturated heterocycles. The monoisotopic (exact) mass is 341 g/mol. The van der Waals surface area contributed by atoms with Crippen molar-refractivity contribution >= 4 is 5.96 Å². The fraction of sp³-hybridized carbons (Fsp3) is 0.474. The van der Waals surface area contributed by atoms with E-state index in [0.717, 1.165) is 45.0 Å². The second-order valence-corrected chi connectivity index (χ2v) is 6.70. The van der Waals surface area contributed by atoms with Crippen LogP contribution in [0, 0.1) is 0 Å². The summed E-state index contributed by atoms with van der Waals surface area (Å²) < 4.78 is 7.74. The first kappa shape index (κ1) is 17.5. The minimum absolute atomic E-state index is 0.0820. The molecular weight excluding hydrogens is 314 g/mol. The molecule has 0 radical (unpaired) electrons. The highest BCUT2D eigenvalue weighted by Crippen LogP contribution is 2.23. The number of nitrogens with zero attached hydrogens (tertiary/aromatic N) is 3. The van der Waals surface area contributed by atoms with Gasteiger partial charge >= 0.3 is 0 Å². The van der Waals surface area contributed by atoms with E-state index in [9.17, 15) is 0 Å². The van der Waals surface area contributed by atoms with Crippen LogP contribution in [0.25, 0.3) is 0 Å². The summed E-state index contributed by atoms with van der Waals surface area (Å²) >= 11 is 0. The van der Waals surface area contributed by atoms with Gasteiger partial charge in [-0.3, -0.25) is 9.67 Å². The van der Waals surface area contributed by atoms with Gasteiger partial charge in [0.15, 0.2) is 5.96 Å². The van der Waals surface area contributed by atoms with Crippen molar-refractivity contribution in [1.29, 1.82) is 0 Å². The summed E-state index contributed by atoms with van der Waals surface area (Å²) in [6.07, 6.45) is 6.00. The normalized spacial score (nSPS) is 20.6. The number of nitrogens with one attached hydrogen (secondary N) is 2. The van der Waals surface area contributed by atoms with Gasteiger partial charge < -0.3 is 15.4 Å². The Kier molecular flexibility index (Phi) is 5.71. The maximum atomic E-state index is 5.81. The Labute approximate surface area is 149 Å². The zero-order valence-electron chi connectivity index (χ0n) is 15.0. The number of hydrogen-bond acceptors (Lipinski definition) is 3. The fourth-order valence-corrected chi connectivity index (χ4v) is 3.07. The Balaban J connectivity index is 1.51. The van der Waals surface area contributed by atoms with Gasteiger partial charge in [0.2, 0.25) is 0 Å². The number of benzene rings is 1. The van der Waals surface area contributed by atoms with Crippen LogP contribution in [-0.4, -0.2) is 41.5 Å². The smallest absolute Gasteiger partial charge is 0.191 e. The Bertz CT molecular complexity index is 690. The average molecular weight is 341 g/mol. The Morgan fingerprint density at radius 3 is 2.92 bits per heavy atom. The Morgan fingerprint density at radius 1 is 1.32 bits per heavy atom. The molecule has 134 valence electrons. The number of ether oxygens (including phenoxy) is 1. The van der Waals surface area contributed by atoms with E-state index >= 15 is 0 Å². The van der Waals surface area contributed by atoms with Crippen molar-refractivity contribution in [2.45, 2.75) is 38.5 Å². The van der Waals surface area contributed by atoms with Crippen LogP contribution >= 0.6 is 0 Å². The van der Waals surface area contributed by atoms with Gasteiger partial charge in [-0.2, -0.15) is 5.10 Å². The van der Waals surface area contributed by atoms with Crippen LogP contribution in [0.5, 0.6) is 0 Å². The van der Waals surface area contributed by atoms with Gasteiger partial charge in [-0.25, -0.2) is 0 Å². The number of rotatable bonds is 6. The zero-order valence-corrected chi connectivity index (χ0v) is 15.0. The maximum Gasteiger partial charge on any atom is 0.191 e. The van der Waals surface area contributed by atoms with E-state index in [1.807, 2.05) is 16.9 Å². The van der Waals surface area contributed by atoms with E-state index in [1.54, 1.807) is 13.2 Å². The molecule has 1 aromatic carbocycles. The molecule has 1 atom stereocenters. The summed E-state index contributed by atoms with van der Waals surface area (Å²) in [6, 6.07) is 10.5. The number of aliphatic imine (C=N–C) groups is 1. The molecule has 1 aromatic heterocycles. The second kappa shape index (κ2) is 8.16. The lowest BCUT2D eigenvalue weighted by molar-refractivity contribution is 0.0243. The minimum Gasteiger partial charge on any atom is -0.373 e. The molecule has 2 N–H and O–H groups in total. The summed E-state index contributed by atoms with van der Waals surface area (Å²) in [5.41, 5.74) is 2.37. The van der Waals surface area contributed by atoms with E-state index in [-0.39, 0.29) is 5.60 Å². The highest BCUT2D eigenvalue weighted by atomic mass is 16.5. The van der Waals surface area contributed by atoms with Crippen LogP contribution < -0.4 is 10.6 Å². The SMILES string of the molecule is CN=C(NCc1cccc(Cn2cccn2)c1)NCC1(C)CCCO1. The quantitative estimate of drug-likeness (QED) is 0.624. The molecule has 1 aliphatic heterocycles. The third-order valence-corrected chi connectivity index (χ3v) is 4.51. The average Bonchev–Trinajstić information content (AvgIpc) is 3.28. The van der Waals surface area contributed by atoms with E-state index in [0.29, 0.717) is 0 Å². The molecule has 0 saturated carbocycles. The summed E-state index contributed by atoms with van der Waals surface area (Å²) in [4.78, 5) is 4.30. The first-order valence-electron chi connectivity index (χ1n) is 8.81. The summed E-state index contributed by atoms with van der Waals surface area (Å²) in [5.74, 6) is 0.800. The predicted octanol–water partition coefficient (Wildman–Crippen LogP) is 2.17. The van der Waals surface area contributed by atoms with Crippen molar-refractivity contribution in [2.75, 3.05) is 20.2 Å². The van der Waals surface area contributed by atoms with Gasteiger partial charge in [-0.05, 0) is 37.0 Å². The van der Waals surface area contributed by atoms with Crippen LogP contribution in [0.1, 0.15) is 30.9 Å². The van der Waals surface area contributed by atoms with Crippen LogP contribution in [-0.2, 0) is 17.8 Å². The molecular formula is C19H27N5O. The predicted molar refractivity (Wildman–Crippen MR) is 99.6 cm³/mol. The topological polar surface area (TPSA) is 63.5 Å². The largest absolute Gasteiger partial charge is 0.373 e. The molecule has 3 rings (SSSR count). The van der Waals surface area contributed by atoms with E-state index in [1.165, 1.54) is 11.1 Å². The molecule has 0 amide bonds. The van der Waals surface area contributed by atoms with Gasteiger partial charge in [0, 0.05) is 39.1 Å². The van der Waals surface area contributed by atoms with Gasteiger partial charge in [-0.1, -0.05) is 24.3 Å². The molecule has 0 aliphatic carbocycles.